The van der Waals surface area contributed by atoms with Crippen molar-refractivity contribution in [2.24, 2.45) is 0 Å². The van der Waals surface area contributed by atoms with Gasteiger partial charge in [0.25, 0.3) is 0 Å². The first-order valence-electron chi connectivity index (χ1n) is 6.48. The second-order valence-electron chi connectivity index (χ2n) is 5.87. The van der Waals surface area contributed by atoms with Gasteiger partial charge in [-0.05, 0) is 33.6 Å². The fourth-order valence-corrected chi connectivity index (χ4v) is 2.17. The van der Waals surface area contributed by atoms with E-state index in [9.17, 15) is 9.90 Å². The average Bonchev–Trinajstić information content (AvgIpc) is 2.28. The molecule has 1 fully saturated rings. The van der Waals surface area contributed by atoms with Crippen LogP contribution in [0.2, 0.25) is 0 Å². The number of ether oxygens (including phenoxy) is 3. The SMILES string of the molecule is COC(OC)C1(O)CCN(C(=O)OC(C)(C)C)CC1. The van der Waals surface area contributed by atoms with E-state index in [0.717, 1.165) is 0 Å². The van der Waals surface area contributed by atoms with Crippen LogP contribution in [0, 0.1) is 0 Å². The molecule has 1 saturated heterocycles. The zero-order valence-electron chi connectivity index (χ0n) is 12.4. The maximum atomic E-state index is 11.9. The van der Waals surface area contributed by atoms with Gasteiger partial charge in [0.1, 0.15) is 11.2 Å². The summed E-state index contributed by atoms with van der Waals surface area (Å²) < 4.78 is 15.5. The second-order valence-corrected chi connectivity index (χ2v) is 5.87. The van der Waals surface area contributed by atoms with Crippen LogP contribution in [0.25, 0.3) is 0 Å². The van der Waals surface area contributed by atoms with E-state index in [4.69, 9.17) is 14.2 Å². The highest BCUT2D eigenvalue weighted by Crippen LogP contribution is 2.28. The third-order valence-electron chi connectivity index (χ3n) is 3.15. The normalized spacial score (nSPS) is 19.6. The number of amides is 1. The molecule has 1 N–H and O–H groups in total. The number of aliphatic hydroxyl groups is 1. The second kappa shape index (κ2) is 6.07. The molecule has 6 heteroatoms. The smallest absolute Gasteiger partial charge is 0.410 e. The summed E-state index contributed by atoms with van der Waals surface area (Å²) in [6, 6.07) is 0. The van der Waals surface area contributed by atoms with Crippen molar-refractivity contribution in [3.8, 4) is 0 Å². The Kier molecular flexibility index (Phi) is 5.18. The van der Waals surface area contributed by atoms with Crippen molar-refractivity contribution in [3.05, 3.63) is 0 Å². The molecule has 1 rings (SSSR count). The highest BCUT2D eigenvalue weighted by Gasteiger charge is 2.42. The lowest BCUT2D eigenvalue weighted by atomic mass is 9.91. The van der Waals surface area contributed by atoms with Gasteiger partial charge in [-0.25, -0.2) is 4.79 Å². The van der Waals surface area contributed by atoms with Crippen LogP contribution >= 0.6 is 0 Å². The Balaban J connectivity index is 2.55. The maximum Gasteiger partial charge on any atom is 0.410 e. The lowest BCUT2D eigenvalue weighted by molar-refractivity contribution is -0.227. The number of carbonyl (C=O) groups excluding carboxylic acids is 1. The minimum Gasteiger partial charge on any atom is -0.444 e. The summed E-state index contributed by atoms with van der Waals surface area (Å²) in [5.41, 5.74) is -1.56. The van der Waals surface area contributed by atoms with Gasteiger partial charge in [0, 0.05) is 27.3 Å². The van der Waals surface area contributed by atoms with Crippen molar-refractivity contribution < 1.29 is 24.1 Å². The molecule has 0 aromatic rings. The Morgan fingerprint density at radius 2 is 1.68 bits per heavy atom. The number of hydrogen-bond acceptors (Lipinski definition) is 5. The molecule has 0 radical (unpaired) electrons. The van der Waals surface area contributed by atoms with Gasteiger partial charge in [-0.3, -0.25) is 0 Å². The molecule has 1 amide bonds. The van der Waals surface area contributed by atoms with Gasteiger partial charge >= 0.3 is 6.09 Å². The summed E-state index contributed by atoms with van der Waals surface area (Å²) in [6.07, 6.45) is -0.216. The van der Waals surface area contributed by atoms with Crippen LogP contribution in [-0.2, 0) is 14.2 Å². The molecule has 1 aliphatic rings. The van der Waals surface area contributed by atoms with E-state index < -0.39 is 17.5 Å². The molecule has 1 heterocycles. The summed E-state index contributed by atoms with van der Waals surface area (Å²) in [7, 11) is 2.98. The van der Waals surface area contributed by atoms with Crippen molar-refractivity contribution in [2.75, 3.05) is 27.3 Å². The molecule has 112 valence electrons. The molecule has 19 heavy (non-hydrogen) atoms. The zero-order valence-corrected chi connectivity index (χ0v) is 12.4. The topological polar surface area (TPSA) is 68.2 Å². The van der Waals surface area contributed by atoms with Crippen LogP contribution < -0.4 is 0 Å². The largest absolute Gasteiger partial charge is 0.444 e. The first-order chi connectivity index (χ1) is 8.72. The van der Waals surface area contributed by atoms with E-state index in [-0.39, 0.29) is 6.09 Å². The molecule has 0 aliphatic carbocycles. The van der Waals surface area contributed by atoms with Crippen LogP contribution in [-0.4, -0.2) is 60.9 Å². The highest BCUT2D eigenvalue weighted by atomic mass is 16.7. The van der Waals surface area contributed by atoms with Gasteiger partial charge < -0.3 is 24.2 Å². The Bertz CT molecular complexity index is 301. The van der Waals surface area contributed by atoms with Crippen molar-refractivity contribution in [3.63, 3.8) is 0 Å². The zero-order chi connectivity index (χ0) is 14.7. The Morgan fingerprint density at radius 1 is 1.21 bits per heavy atom. The van der Waals surface area contributed by atoms with E-state index in [1.807, 2.05) is 20.8 Å². The molecular formula is C13H25NO5. The van der Waals surface area contributed by atoms with Gasteiger partial charge in [0.05, 0.1) is 0 Å². The molecule has 6 nitrogen and oxygen atoms in total. The third-order valence-corrected chi connectivity index (χ3v) is 3.15. The van der Waals surface area contributed by atoms with E-state index in [0.29, 0.717) is 25.9 Å². The van der Waals surface area contributed by atoms with Gasteiger partial charge in [0.2, 0.25) is 0 Å². The van der Waals surface area contributed by atoms with Crippen molar-refractivity contribution in [1.29, 1.82) is 0 Å². The predicted molar refractivity (Wildman–Crippen MR) is 69.8 cm³/mol. The van der Waals surface area contributed by atoms with Crippen LogP contribution in [0.15, 0.2) is 0 Å². The van der Waals surface area contributed by atoms with Crippen LogP contribution in [0.1, 0.15) is 33.6 Å². The van der Waals surface area contributed by atoms with E-state index in [1.54, 1.807) is 4.90 Å². The number of likely N-dealkylation sites (tertiary alicyclic amines) is 1. The van der Waals surface area contributed by atoms with Crippen molar-refractivity contribution in [1.82, 2.24) is 4.90 Å². The summed E-state index contributed by atoms with van der Waals surface area (Å²) in [6.45, 7) is 6.34. The Morgan fingerprint density at radius 3 is 2.05 bits per heavy atom. The average molecular weight is 275 g/mol. The molecule has 0 atom stereocenters. The lowest BCUT2D eigenvalue weighted by Gasteiger charge is -2.41. The van der Waals surface area contributed by atoms with Crippen LogP contribution in [0.4, 0.5) is 4.79 Å². The van der Waals surface area contributed by atoms with Crippen LogP contribution in [0.3, 0.4) is 0 Å². The minimum atomic E-state index is -1.05. The molecule has 0 aromatic heterocycles. The maximum absolute atomic E-state index is 11.9. The molecule has 0 bridgehead atoms. The summed E-state index contributed by atoms with van der Waals surface area (Å²) in [5.74, 6) is 0. The van der Waals surface area contributed by atoms with Crippen LogP contribution in [0.5, 0.6) is 0 Å². The third kappa shape index (κ3) is 4.33. The molecule has 0 saturated carbocycles. The number of piperidine rings is 1. The molecule has 0 unspecified atom stereocenters. The summed E-state index contributed by atoms with van der Waals surface area (Å²) in [4.78, 5) is 13.5. The Hall–Kier alpha value is -0.850. The lowest BCUT2D eigenvalue weighted by Crippen LogP contribution is -2.54. The standard InChI is InChI=1S/C13H25NO5/c1-12(2,3)19-11(15)14-8-6-13(16,7-9-14)10(17-4)18-5/h10,16H,6-9H2,1-5H3. The number of nitrogens with zero attached hydrogens (tertiary/aromatic N) is 1. The monoisotopic (exact) mass is 275 g/mol. The first-order valence-corrected chi connectivity index (χ1v) is 6.48. The van der Waals surface area contributed by atoms with E-state index in [2.05, 4.69) is 0 Å². The fourth-order valence-electron chi connectivity index (χ4n) is 2.17. The molecule has 0 aromatic carbocycles. The summed E-state index contributed by atoms with van der Waals surface area (Å²) in [5, 5.41) is 10.4. The first kappa shape index (κ1) is 16.2. The van der Waals surface area contributed by atoms with Crippen molar-refractivity contribution >= 4 is 6.09 Å². The van der Waals surface area contributed by atoms with Gasteiger partial charge in [-0.1, -0.05) is 0 Å². The number of hydrogen-bond donors (Lipinski definition) is 1. The van der Waals surface area contributed by atoms with Gasteiger partial charge in [-0.2, -0.15) is 0 Å². The summed E-state index contributed by atoms with van der Waals surface area (Å²) >= 11 is 0. The van der Waals surface area contributed by atoms with E-state index in [1.165, 1.54) is 14.2 Å². The van der Waals surface area contributed by atoms with Crippen molar-refractivity contribution in [2.45, 2.75) is 51.1 Å². The highest BCUT2D eigenvalue weighted by molar-refractivity contribution is 5.68. The minimum absolute atomic E-state index is 0.346. The van der Waals surface area contributed by atoms with E-state index >= 15 is 0 Å². The molecular weight excluding hydrogens is 250 g/mol. The van der Waals surface area contributed by atoms with Gasteiger partial charge in [-0.15, -0.1) is 0 Å². The number of carbonyl (C=O) groups is 1. The Labute approximate surface area is 114 Å². The molecule has 1 aliphatic heterocycles. The quantitative estimate of drug-likeness (QED) is 0.788. The number of methoxy groups -OCH3 is 2. The number of rotatable bonds is 3. The predicted octanol–water partition coefficient (Wildman–Crippen LogP) is 1.37. The van der Waals surface area contributed by atoms with Gasteiger partial charge in [0.15, 0.2) is 6.29 Å². The molecule has 0 spiro atoms. The fraction of sp³-hybridized carbons (Fsp3) is 0.923.